The van der Waals surface area contributed by atoms with Gasteiger partial charge in [0.05, 0.1) is 11.9 Å². The molecule has 0 unspecified atom stereocenters. The molecule has 0 saturated heterocycles. The zero-order chi connectivity index (χ0) is 22.3. The molecular weight excluding hydrogens is 424 g/mol. The molecule has 33 heavy (non-hydrogen) atoms. The summed E-state index contributed by atoms with van der Waals surface area (Å²) in [5.41, 5.74) is 9.41. The lowest BCUT2D eigenvalue weighted by molar-refractivity contribution is 1.28. The maximum absolute atomic E-state index is 4.60. The summed E-state index contributed by atoms with van der Waals surface area (Å²) < 4.78 is 0. The highest BCUT2D eigenvalue weighted by molar-refractivity contribution is 7.14. The number of thiazole rings is 1. The molecule has 0 aliphatic heterocycles. The predicted molar refractivity (Wildman–Crippen MR) is 140 cm³/mol. The van der Waals surface area contributed by atoms with Crippen LogP contribution in [-0.4, -0.2) is 11.2 Å². The molecular formula is C28H22N4S. The van der Waals surface area contributed by atoms with Gasteiger partial charge in [-0.3, -0.25) is 5.43 Å². The minimum atomic E-state index is 0.765. The van der Waals surface area contributed by atoms with Gasteiger partial charge in [0.2, 0.25) is 5.13 Å². The quantitative estimate of drug-likeness (QED) is 0.205. The topological polar surface area (TPSA) is 40.5 Å². The molecule has 0 bridgehead atoms. The molecule has 0 atom stereocenters. The molecule has 5 aromatic rings. The third-order valence-corrected chi connectivity index (χ3v) is 5.87. The zero-order valence-corrected chi connectivity index (χ0v) is 18.7. The minimum absolute atomic E-state index is 0.765. The van der Waals surface area contributed by atoms with Crippen LogP contribution in [0.25, 0.3) is 11.3 Å². The number of hydrogen-bond donors (Lipinski definition) is 1. The van der Waals surface area contributed by atoms with Gasteiger partial charge in [0, 0.05) is 28.0 Å². The van der Waals surface area contributed by atoms with Gasteiger partial charge >= 0.3 is 0 Å². The summed E-state index contributed by atoms with van der Waals surface area (Å²) in [6.07, 6.45) is 1.81. The van der Waals surface area contributed by atoms with Crippen molar-refractivity contribution in [2.24, 2.45) is 5.10 Å². The highest BCUT2D eigenvalue weighted by atomic mass is 32.1. The summed E-state index contributed by atoms with van der Waals surface area (Å²) >= 11 is 1.54. The monoisotopic (exact) mass is 446 g/mol. The number of hydrogen-bond acceptors (Lipinski definition) is 5. The lowest BCUT2D eigenvalue weighted by Crippen LogP contribution is -2.09. The number of benzene rings is 4. The Morgan fingerprint density at radius 1 is 0.667 bits per heavy atom. The van der Waals surface area contributed by atoms with Crippen molar-refractivity contribution in [3.8, 4) is 11.3 Å². The van der Waals surface area contributed by atoms with Crippen LogP contribution in [-0.2, 0) is 0 Å². The molecule has 0 radical (unpaired) electrons. The second-order valence-electron chi connectivity index (χ2n) is 7.37. The van der Waals surface area contributed by atoms with E-state index in [2.05, 4.69) is 105 Å². The second kappa shape index (κ2) is 9.94. The van der Waals surface area contributed by atoms with Gasteiger partial charge in [-0.2, -0.15) is 5.10 Å². The van der Waals surface area contributed by atoms with Gasteiger partial charge in [-0.05, 0) is 42.0 Å². The summed E-state index contributed by atoms with van der Waals surface area (Å²) in [7, 11) is 0. The lowest BCUT2D eigenvalue weighted by atomic mass is 10.1. The molecule has 0 aliphatic carbocycles. The Hall–Kier alpha value is -4.22. The first-order chi connectivity index (χ1) is 16.4. The van der Waals surface area contributed by atoms with Gasteiger partial charge in [-0.15, -0.1) is 11.3 Å². The highest BCUT2D eigenvalue weighted by Gasteiger charge is 2.11. The van der Waals surface area contributed by atoms with E-state index in [4.69, 9.17) is 0 Å². The first-order valence-corrected chi connectivity index (χ1v) is 11.6. The number of rotatable bonds is 7. The Labute approximate surface area is 197 Å². The average molecular weight is 447 g/mol. The summed E-state index contributed by atoms with van der Waals surface area (Å²) in [5, 5.41) is 7.17. The minimum Gasteiger partial charge on any atom is -0.311 e. The van der Waals surface area contributed by atoms with Gasteiger partial charge in [-0.1, -0.05) is 78.9 Å². The Morgan fingerprint density at radius 2 is 1.21 bits per heavy atom. The van der Waals surface area contributed by atoms with Crippen LogP contribution in [0.3, 0.4) is 0 Å². The van der Waals surface area contributed by atoms with Crippen molar-refractivity contribution in [3.05, 3.63) is 126 Å². The Morgan fingerprint density at radius 3 is 1.82 bits per heavy atom. The fourth-order valence-electron chi connectivity index (χ4n) is 3.54. The van der Waals surface area contributed by atoms with Crippen LogP contribution >= 0.6 is 11.3 Å². The van der Waals surface area contributed by atoms with E-state index in [1.807, 2.05) is 41.9 Å². The molecule has 1 N–H and O–H groups in total. The van der Waals surface area contributed by atoms with Crippen molar-refractivity contribution in [3.63, 3.8) is 0 Å². The van der Waals surface area contributed by atoms with Crippen molar-refractivity contribution in [2.45, 2.75) is 0 Å². The number of aromatic nitrogens is 1. The van der Waals surface area contributed by atoms with Gasteiger partial charge in [0.25, 0.3) is 0 Å². The standard InChI is InChI=1S/C28H22N4S/c1-4-10-23(11-5-1)27-21-33-28(30-27)31-29-20-22-16-18-26(19-17-22)32(24-12-6-2-7-13-24)25-14-8-3-9-15-25/h1-21H,(H,30,31). The molecule has 4 nitrogen and oxygen atoms in total. The number of anilines is 4. The molecule has 160 valence electrons. The number of nitrogens with one attached hydrogen (secondary N) is 1. The van der Waals surface area contributed by atoms with Crippen LogP contribution in [0.1, 0.15) is 5.56 Å². The first kappa shape index (κ1) is 20.7. The van der Waals surface area contributed by atoms with Crippen molar-refractivity contribution in [2.75, 3.05) is 10.3 Å². The van der Waals surface area contributed by atoms with Crippen LogP contribution in [0, 0.1) is 0 Å². The smallest absolute Gasteiger partial charge is 0.203 e. The van der Waals surface area contributed by atoms with E-state index in [0.717, 1.165) is 39.0 Å². The lowest BCUT2D eigenvalue weighted by Gasteiger charge is -2.25. The van der Waals surface area contributed by atoms with E-state index in [1.54, 1.807) is 0 Å². The molecule has 0 aliphatic rings. The molecule has 1 heterocycles. The van der Waals surface area contributed by atoms with E-state index in [9.17, 15) is 0 Å². The molecule has 0 saturated carbocycles. The van der Waals surface area contributed by atoms with Crippen LogP contribution in [0.4, 0.5) is 22.2 Å². The molecule has 5 heteroatoms. The van der Waals surface area contributed by atoms with Crippen LogP contribution < -0.4 is 10.3 Å². The third kappa shape index (κ3) is 5.00. The maximum Gasteiger partial charge on any atom is 0.203 e. The van der Waals surface area contributed by atoms with Crippen LogP contribution in [0.15, 0.2) is 126 Å². The maximum atomic E-state index is 4.60. The summed E-state index contributed by atoms with van der Waals surface area (Å²) in [6, 6.07) is 39.2. The molecule has 4 aromatic carbocycles. The highest BCUT2D eigenvalue weighted by Crippen LogP contribution is 2.34. The summed E-state index contributed by atoms with van der Waals surface area (Å²) in [6.45, 7) is 0. The van der Waals surface area contributed by atoms with Gasteiger partial charge in [-0.25, -0.2) is 4.98 Å². The predicted octanol–water partition coefficient (Wildman–Crippen LogP) is 7.73. The fourth-order valence-corrected chi connectivity index (χ4v) is 4.21. The molecule has 5 rings (SSSR count). The largest absolute Gasteiger partial charge is 0.311 e. The van der Waals surface area contributed by atoms with E-state index < -0.39 is 0 Å². The van der Waals surface area contributed by atoms with Crippen molar-refractivity contribution < 1.29 is 0 Å². The van der Waals surface area contributed by atoms with Crippen molar-refractivity contribution >= 4 is 39.7 Å². The van der Waals surface area contributed by atoms with Gasteiger partial charge in [0.1, 0.15) is 0 Å². The second-order valence-corrected chi connectivity index (χ2v) is 8.23. The van der Waals surface area contributed by atoms with Crippen molar-refractivity contribution in [1.29, 1.82) is 0 Å². The van der Waals surface area contributed by atoms with E-state index in [1.165, 1.54) is 11.3 Å². The fraction of sp³-hybridized carbons (Fsp3) is 0. The average Bonchev–Trinajstić information content (AvgIpc) is 3.36. The number of nitrogens with zero attached hydrogens (tertiary/aromatic N) is 3. The normalized spacial score (nSPS) is 10.9. The van der Waals surface area contributed by atoms with Gasteiger partial charge in [0.15, 0.2) is 0 Å². The number of para-hydroxylation sites is 2. The van der Waals surface area contributed by atoms with Crippen LogP contribution in [0.2, 0.25) is 0 Å². The van der Waals surface area contributed by atoms with E-state index >= 15 is 0 Å². The van der Waals surface area contributed by atoms with E-state index in [-0.39, 0.29) is 0 Å². The molecule has 1 aromatic heterocycles. The van der Waals surface area contributed by atoms with Crippen LogP contribution in [0.5, 0.6) is 0 Å². The SMILES string of the molecule is C(=NNc1nc(-c2ccccc2)cs1)c1ccc(N(c2ccccc2)c2ccccc2)cc1. The summed E-state index contributed by atoms with van der Waals surface area (Å²) in [4.78, 5) is 6.84. The van der Waals surface area contributed by atoms with Gasteiger partial charge < -0.3 is 4.90 Å². The number of hydrazone groups is 1. The Balaban J connectivity index is 1.31. The Bertz CT molecular complexity index is 1280. The molecule has 0 spiro atoms. The first-order valence-electron chi connectivity index (χ1n) is 10.7. The zero-order valence-electron chi connectivity index (χ0n) is 17.9. The molecule has 0 fully saturated rings. The summed E-state index contributed by atoms with van der Waals surface area (Å²) in [5.74, 6) is 0. The third-order valence-electron chi connectivity index (χ3n) is 5.13. The van der Waals surface area contributed by atoms with E-state index in [0.29, 0.717) is 0 Å². The Kier molecular flexibility index (Phi) is 6.22. The molecule has 0 amide bonds. The van der Waals surface area contributed by atoms with Crippen molar-refractivity contribution in [1.82, 2.24) is 4.98 Å².